The number of hydrogen-bond acceptors (Lipinski definition) is 8. The number of cyclic esters (lactones) is 1. The number of nitriles is 1. The van der Waals surface area contributed by atoms with Crippen LogP contribution in [0.5, 0.6) is 0 Å². The lowest BCUT2D eigenvalue weighted by Crippen LogP contribution is -2.62. The Kier molecular flexibility index (Phi) is 9.00. The first-order chi connectivity index (χ1) is 14.9. The van der Waals surface area contributed by atoms with E-state index in [1.165, 1.54) is 6.08 Å². The zero-order chi connectivity index (χ0) is 23.0. The highest BCUT2D eigenvalue weighted by Gasteiger charge is 2.45. The molecule has 4 N–H and O–H groups in total. The molecule has 0 bridgehead atoms. The van der Waals surface area contributed by atoms with E-state index in [1.54, 1.807) is 18.2 Å². The minimum atomic E-state index is -1.68. The van der Waals surface area contributed by atoms with Gasteiger partial charge in [-0.2, -0.15) is 5.26 Å². The minimum Gasteiger partial charge on any atom is -0.455 e. The van der Waals surface area contributed by atoms with E-state index < -0.39 is 42.8 Å². The number of carbonyl (C=O) groups is 2. The van der Waals surface area contributed by atoms with Crippen molar-refractivity contribution in [3.8, 4) is 6.07 Å². The first kappa shape index (κ1) is 24.3. The average molecular weight is 431 g/mol. The van der Waals surface area contributed by atoms with Gasteiger partial charge in [0, 0.05) is 18.8 Å². The summed E-state index contributed by atoms with van der Waals surface area (Å²) >= 11 is 0. The second-order valence-corrected chi connectivity index (χ2v) is 7.34. The van der Waals surface area contributed by atoms with E-state index in [2.05, 4.69) is 24.1 Å². The Balaban J connectivity index is 2.13. The average Bonchev–Trinajstić information content (AvgIpc) is 2.77. The largest absolute Gasteiger partial charge is 0.455 e. The van der Waals surface area contributed by atoms with Crippen LogP contribution >= 0.6 is 0 Å². The summed E-state index contributed by atoms with van der Waals surface area (Å²) in [5.74, 6) is -1.89. The molecule has 9 nitrogen and oxygen atoms in total. The monoisotopic (exact) mass is 431 g/mol. The number of benzene rings is 1. The molecule has 1 heterocycles. The predicted octanol–water partition coefficient (Wildman–Crippen LogP) is 0.344. The summed E-state index contributed by atoms with van der Waals surface area (Å²) < 4.78 is 4.82. The maximum atomic E-state index is 12.5. The fraction of sp³-hybridized carbons (Fsp3) is 0.500. The fourth-order valence-electron chi connectivity index (χ4n) is 3.36. The van der Waals surface area contributed by atoms with E-state index in [1.807, 2.05) is 12.1 Å². The molecule has 0 spiro atoms. The first-order valence-electron chi connectivity index (χ1n) is 10.3. The Labute approximate surface area is 181 Å². The molecule has 2 rings (SSSR count). The molecule has 168 valence electrons. The van der Waals surface area contributed by atoms with Gasteiger partial charge in [0.25, 0.3) is 5.91 Å². The van der Waals surface area contributed by atoms with Crippen molar-refractivity contribution in [1.29, 1.82) is 5.26 Å². The van der Waals surface area contributed by atoms with Crippen LogP contribution in [-0.2, 0) is 14.3 Å². The van der Waals surface area contributed by atoms with Gasteiger partial charge in [-0.25, -0.2) is 4.79 Å². The third kappa shape index (κ3) is 6.04. The maximum absolute atomic E-state index is 12.5. The van der Waals surface area contributed by atoms with Crippen LogP contribution in [0.1, 0.15) is 32.3 Å². The molecule has 1 fully saturated rings. The standard InChI is InChI=1S/C22H29N3O6/c1-3-9-25(10-4-2)16-7-5-14(6-8-16)11-15(12-23)21(29)24-18-20(28)19(27)17(13-26)31-22(18)30/h5-8,11,17-20,26-28H,3-4,9-10,13H2,1-2H3,(H,24,29)/b15-11+/t17-,18-,19-,20-/m1/s1. The highest BCUT2D eigenvalue weighted by atomic mass is 16.6. The molecular formula is C22H29N3O6. The third-order valence-electron chi connectivity index (χ3n) is 4.98. The summed E-state index contributed by atoms with van der Waals surface area (Å²) in [7, 11) is 0. The van der Waals surface area contributed by atoms with Crippen molar-refractivity contribution in [3.63, 3.8) is 0 Å². The third-order valence-corrected chi connectivity index (χ3v) is 4.98. The number of anilines is 1. The summed E-state index contributed by atoms with van der Waals surface area (Å²) in [5, 5.41) is 40.7. The summed E-state index contributed by atoms with van der Waals surface area (Å²) in [6.07, 6.45) is -1.11. The SMILES string of the molecule is CCCN(CCC)c1ccc(/C=C(\C#N)C(=O)N[C@H]2C(=O)O[C@H](CO)[C@@H](O)[C@@H]2O)cc1. The number of ether oxygens (including phenoxy) is 1. The summed E-state index contributed by atoms with van der Waals surface area (Å²) in [4.78, 5) is 26.7. The van der Waals surface area contributed by atoms with Crippen molar-refractivity contribution in [2.75, 3.05) is 24.6 Å². The van der Waals surface area contributed by atoms with Crippen molar-refractivity contribution in [3.05, 3.63) is 35.4 Å². The molecule has 1 saturated heterocycles. The Morgan fingerprint density at radius 2 is 1.81 bits per heavy atom. The van der Waals surface area contributed by atoms with Gasteiger partial charge < -0.3 is 30.3 Å². The molecule has 1 amide bonds. The van der Waals surface area contributed by atoms with Gasteiger partial charge in [-0.05, 0) is 36.6 Å². The van der Waals surface area contributed by atoms with E-state index in [0.717, 1.165) is 31.6 Å². The number of rotatable bonds is 9. The highest BCUT2D eigenvalue weighted by Crippen LogP contribution is 2.19. The molecule has 1 aliphatic rings. The first-order valence-corrected chi connectivity index (χ1v) is 10.3. The van der Waals surface area contributed by atoms with Gasteiger partial charge in [0.2, 0.25) is 0 Å². The molecule has 0 radical (unpaired) electrons. The van der Waals surface area contributed by atoms with Crippen molar-refractivity contribution >= 4 is 23.6 Å². The van der Waals surface area contributed by atoms with Crippen LogP contribution in [0.2, 0.25) is 0 Å². The minimum absolute atomic E-state index is 0.273. The number of esters is 1. The lowest BCUT2D eigenvalue weighted by molar-refractivity contribution is -0.189. The number of nitrogens with one attached hydrogen (secondary N) is 1. The number of amides is 1. The number of hydrogen-bond donors (Lipinski definition) is 4. The van der Waals surface area contributed by atoms with Crippen molar-refractivity contribution in [1.82, 2.24) is 5.32 Å². The zero-order valence-corrected chi connectivity index (χ0v) is 17.7. The van der Waals surface area contributed by atoms with E-state index in [-0.39, 0.29) is 5.57 Å². The Morgan fingerprint density at radius 3 is 2.32 bits per heavy atom. The molecule has 1 aliphatic heterocycles. The van der Waals surface area contributed by atoms with E-state index in [0.29, 0.717) is 5.56 Å². The molecule has 0 unspecified atom stereocenters. The van der Waals surface area contributed by atoms with Gasteiger partial charge in [0.1, 0.15) is 23.9 Å². The van der Waals surface area contributed by atoms with Crippen LogP contribution in [-0.4, -0.2) is 71.2 Å². The van der Waals surface area contributed by atoms with E-state index >= 15 is 0 Å². The Bertz CT molecular complexity index is 827. The van der Waals surface area contributed by atoms with Gasteiger partial charge in [-0.15, -0.1) is 0 Å². The van der Waals surface area contributed by atoms with E-state index in [4.69, 9.17) is 9.84 Å². The molecule has 9 heteroatoms. The number of carbonyl (C=O) groups excluding carboxylic acids is 2. The quantitative estimate of drug-likeness (QED) is 0.249. The smallest absolute Gasteiger partial charge is 0.331 e. The summed E-state index contributed by atoms with van der Waals surface area (Å²) in [5.41, 5.74) is 1.39. The van der Waals surface area contributed by atoms with Crippen LogP contribution in [0, 0.1) is 11.3 Å². The zero-order valence-electron chi connectivity index (χ0n) is 17.7. The lowest BCUT2D eigenvalue weighted by Gasteiger charge is -2.35. The topological polar surface area (TPSA) is 143 Å². The molecule has 1 aromatic carbocycles. The van der Waals surface area contributed by atoms with Gasteiger partial charge in [-0.3, -0.25) is 4.79 Å². The summed E-state index contributed by atoms with van der Waals surface area (Å²) in [6.45, 7) is 5.41. The number of aliphatic hydroxyl groups excluding tert-OH is 3. The fourth-order valence-corrected chi connectivity index (χ4v) is 3.36. The molecule has 0 saturated carbocycles. The van der Waals surface area contributed by atoms with Crippen LogP contribution < -0.4 is 10.2 Å². The van der Waals surface area contributed by atoms with Crippen molar-refractivity contribution in [2.24, 2.45) is 0 Å². The second-order valence-electron chi connectivity index (χ2n) is 7.34. The normalized spacial score (nSPS) is 23.6. The molecular weight excluding hydrogens is 402 g/mol. The maximum Gasteiger partial charge on any atom is 0.331 e. The Morgan fingerprint density at radius 1 is 1.19 bits per heavy atom. The van der Waals surface area contributed by atoms with Crippen LogP contribution in [0.15, 0.2) is 29.8 Å². The number of aliphatic hydroxyl groups is 3. The predicted molar refractivity (Wildman–Crippen MR) is 114 cm³/mol. The molecule has 1 aromatic rings. The van der Waals surface area contributed by atoms with Crippen molar-refractivity contribution < 1.29 is 29.6 Å². The van der Waals surface area contributed by atoms with Crippen LogP contribution in [0.4, 0.5) is 5.69 Å². The van der Waals surface area contributed by atoms with Gasteiger partial charge in [0.05, 0.1) is 6.61 Å². The van der Waals surface area contributed by atoms with Gasteiger partial charge >= 0.3 is 5.97 Å². The van der Waals surface area contributed by atoms with Crippen LogP contribution in [0.3, 0.4) is 0 Å². The molecule has 0 aromatic heterocycles. The van der Waals surface area contributed by atoms with Gasteiger partial charge in [-0.1, -0.05) is 26.0 Å². The summed E-state index contributed by atoms with van der Waals surface area (Å²) in [6, 6.07) is 7.63. The Hall–Kier alpha value is -2.93. The molecule has 31 heavy (non-hydrogen) atoms. The van der Waals surface area contributed by atoms with Crippen LogP contribution in [0.25, 0.3) is 6.08 Å². The molecule has 4 atom stereocenters. The second kappa shape index (κ2) is 11.5. The van der Waals surface area contributed by atoms with E-state index in [9.17, 15) is 25.1 Å². The van der Waals surface area contributed by atoms with Crippen molar-refractivity contribution in [2.45, 2.75) is 51.0 Å². The lowest BCUT2D eigenvalue weighted by atomic mass is 9.97. The van der Waals surface area contributed by atoms with Gasteiger partial charge in [0.15, 0.2) is 12.1 Å². The molecule has 0 aliphatic carbocycles. The number of nitrogens with zero attached hydrogens (tertiary/aromatic N) is 2. The highest BCUT2D eigenvalue weighted by molar-refractivity contribution is 6.03.